The lowest BCUT2D eigenvalue weighted by atomic mass is 10.1. The van der Waals surface area contributed by atoms with Gasteiger partial charge in [-0.2, -0.15) is 0 Å². The van der Waals surface area contributed by atoms with E-state index in [1.165, 1.54) is 24.3 Å². The highest BCUT2D eigenvalue weighted by Gasteiger charge is 2.19. The molecular weight excluding hydrogens is 413 g/mol. The summed E-state index contributed by atoms with van der Waals surface area (Å²) in [7, 11) is 0. The number of para-hydroxylation sites is 1. The molecule has 0 radical (unpaired) electrons. The van der Waals surface area contributed by atoms with Crippen molar-refractivity contribution in [2.45, 2.75) is 6.92 Å². The van der Waals surface area contributed by atoms with Crippen molar-refractivity contribution >= 4 is 40.1 Å². The number of benzene rings is 2. The minimum Gasteiger partial charge on any atom is -0.267 e. The lowest BCUT2D eigenvalue weighted by molar-refractivity contribution is -0.385. The van der Waals surface area contributed by atoms with Crippen LogP contribution in [0.3, 0.4) is 0 Å². The van der Waals surface area contributed by atoms with Gasteiger partial charge in [-0.1, -0.05) is 18.2 Å². The van der Waals surface area contributed by atoms with Crippen LogP contribution in [0.1, 0.15) is 26.3 Å². The molecule has 0 unspecified atom stereocenters. The largest absolute Gasteiger partial charge is 0.282 e. The quantitative estimate of drug-likeness (QED) is 0.449. The molecule has 0 saturated heterocycles. The fourth-order valence-electron chi connectivity index (χ4n) is 1.81. The molecule has 0 aliphatic rings. The summed E-state index contributed by atoms with van der Waals surface area (Å²) in [4.78, 5) is 34.2. The average molecular weight is 425 g/mol. The molecule has 7 nitrogen and oxygen atoms in total. The first-order valence-corrected chi connectivity index (χ1v) is 7.58. The highest BCUT2D eigenvalue weighted by atomic mass is 127. The number of amides is 2. The molecule has 23 heavy (non-hydrogen) atoms. The highest BCUT2D eigenvalue weighted by molar-refractivity contribution is 14.1. The number of aryl methyl sites for hydroxylation is 1. The topological polar surface area (TPSA) is 101 Å². The van der Waals surface area contributed by atoms with Crippen LogP contribution < -0.4 is 10.9 Å². The first-order chi connectivity index (χ1) is 10.9. The van der Waals surface area contributed by atoms with Gasteiger partial charge in [0.2, 0.25) is 0 Å². The van der Waals surface area contributed by atoms with Crippen LogP contribution in [0.5, 0.6) is 0 Å². The predicted molar refractivity (Wildman–Crippen MR) is 91.9 cm³/mol. The summed E-state index contributed by atoms with van der Waals surface area (Å²) in [5.74, 6) is -1.26. The van der Waals surface area contributed by atoms with Crippen LogP contribution in [-0.2, 0) is 0 Å². The number of hydrazine groups is 1. The third-order valence-corrected chi connectivity index (χ3v) is 4.23. The molecule has 2 N–H and O–H groups in total. The molecule has 0 aromatic heterocycles. The van der Waals surface area contributed by atoms with Crippen LogP contribution in [-0.4, -0.2) is 16.7 Å². The Hall–Kier alpha value is -2.49. The summed E-state index contributed by atoms with van der Waals surface area (Å²) in [6.07, 6.45) is 0. The Bertz CT molecular complexity index is 792. The van der Waals surface area contributed by atoms with Crippen LogP contribution in [0.4, 0.5) is 5.69 Å². The van der Waals surface area contributed by atoms with Gasteiger partial charge in [0.05, 0.1) is 4.92 Å². The number of nitrogens with one attached hydrogen (secondary N) is 2. The maximum absolute atomic E-state index is 12.0. The van der Waals surface area contributed by atoms with E-state index in [1.54, 1.807) is 18.2 Å². The molecule has 0 saturated carbocycles. The Labute approximate surface area is 145 Å². The van der Waals surface area contributed by atoms with Crippen LogP contribution in [0.2, 0.25) is 0 Å². The summed E-state index contributed by atoms with van der Waals surface area (Å²) in [5, 5.41) is 10.9. The standard InChI is InChI=1S/C15H12IN3O4/c1-9-6-7-10(8-12(9)16)14(20)17-18-15(21)11-4-2-3-5-13(11)19(22)23/h2-8H,1H3,(H,17,20)(H,18,21). The Morgan fingerprint density at radius 1 is 1.09 bits per heavy atom. The fourth-order valence-corrected chi connectivity index (χ4v) is 2.33. The van der Waals surface area contributed by atoms with E-state index < -0.39 is 16.7 Å². The molecule has 2 amide bonds. The minimum atomic E-state index is -0.757. The second kappa shape index (κ2) is 7.18. The van der Waals surface area contributed by atoms with Gasteiger partial charge < -0.3 is 0 Å². The molecule has 118 valence electrons. The van der Waals surface area contributed by atoms with E-state index in [0.717, 1.165) is 9.13 Å². The van der Waals surface area contributed by atoms with E-state index in [-0.39, 0.29) is 11.3 Å². The number of rotatable bonds is 3. The van der Waals surface area contributed by atoms with Gasteiger partial charge in [-0.05, 0) is 53.3 Å². The second-order valence-electron chi connectivity index (χ2n) is 4.65. The smallest absolute Gasteiger partial charge is 0.267 e. The lowest BCUT2D eigenvalue weighted by Crippen LogP contribution is -2.41. The van der Waals surface area contributed by atoms with Gasteiger partial charge >= 0.3 is 0 Å². The average Bonchev–Trinajstić information content (AvgIpc) is 2.54. The molecule has 2 rings (SSSR count). The van der Waals surface area contributed by atoms with Crippen LogP contribution in [0, 0.1) is 20.6 Å². The van der Waals surface area contributed by atoms with Crippen molar-refractivity contribution in [2.24, 2.45) is 0 Å². The summed E-state index contributed by atoms with van der Waals surface area (Å²) in [6, 6.07) is 10.6. The first kappa shape index (κ1) is 16.9. The van der Waals surface area contributed by atoms with E-state index in [0.29, 0.717) is 5.56 Å². The Kier molecular flexibility index (Phi) is 5.27. The zero-order chi connectivity index (χ0) is 17.0. The number of hydrogen-bond acceptors (Lipinski definition) is 4. The van der Waals surface area contributed by atoms with Crippen molar-refractivity contribution < 1.29 is 14.5 Å². The molecule has 0 aliphatic heterocycles. The van der Waals surface area contributed by atoms with E-state index in [1.807, 2.05) is 6.92 Å². The maximum Gasteiger partial charge on any atom is 0.282 e. The molecule has 0 fully saturated rings. The van der Waals surface area contributed by atoms with E-state index in [4.69, 9.17) is 0 Å². The Morgan fingerprint density at radius 2 is 1.74 bits per heavy atom. The van der Waals surface area contributed by atoms with Gasteiger partial charge in [-0.3, -0.25) is 30.6 Å². The van der Waals surface area contributed by atoms with Gasteiger partial charge in [-0.15, -0.1) is 0 Å². The number of carbonyl (C=O) groups is 2. The molecule has 0 atom stereocenters. The van der Waals surface area contributed by atoms with Gasteiger partial charge in [-0.25, -0.2) is 0 Å². The SMILES string of the molecule is Cc1ccc(C(=O)NNC(=O)c2ccccc2[N+](=O)[O-])cc1I. The van der Waals surface area contributed by atoms with Gasteiger partial charge in [0, 0.05) is 15.2 Å². The van der Waals surface area contributed by atoms with Crippen molar-refractivity contribution in [1.82, 2.24) is 10.9 Å². The first-order valence-electron chi connectivity index (χ1n) is 6.50. The summed E-state index contributed by atoms with van der Waals surface area (Å²) in [6.45, 7) is 1.92. The molecule has 8 heteroatoms. The van der Waals surface area contributed by atoms with Crippen molar-refractivity contribution in [3.05, 3.63) is 72.8 Å². The number of carbonyl (C=O) groups excluding carboxylic acids is 2. The van der Waals surface area contributed by atoms with E-state index >= 15 is 0 Å². The molecule has 0 bridgehead atoms. The zero-order valence-electron chi connectivity index (χ0n) is 12.0. The fraction of sp³-hybridized carbons (Fsp3) is 0.0667. The van der Waals surface area contributed by atoms with E-state index in [2.05, 4.69) is 33.4 Å². The van der Waals surface area contributed by atoms with Gasteiger partial charge in [0.1, 0.15) is 5.56 Å². The summed E-state index contributed by atoms with van der Waals surface area (Å²) < 4.78 is 0.917. The number of nitrogens with zero attached hydrogens (tertiary/aromatic N) is 1. The summed E-state index contributed by atoms with van der Waals surface area (Å²) >= 11 is 2.10. The Morgan fingerprint density at radius 3 is 2.39 bits per heavy atom. The second-order valence-corrected chi connectivity index (χ2v) is 5.81. The third kappa shape index (κ3) is 4.03. The number of halogens is 1. The maximum atomic E-state index is 12.0. The zero-order valence-corrected chi connectivity index (χ0v) is 14.2. The number of nitro groups is 1. The highest BCUT2D eigenvalue weighted by Crippen LogP contribution is 2.17. The van der Waals surface area contributed by atoms with Crippen molar-refractivity contribution in [2.75, 3.05) is 0 Å². The molecular formula is C15H12IN3O4. The molecule has 0 spiro atoms. The number of hydrogen-bond donors (Lipinski definition) is 2. The van der Waals surface area contributed by atoms with Crippen molar-refractivity contribution in [1.29, 1.82) is 0 Å². The molecule has 2 aromatic carbocycles. The van der Waals surface area contributed by atoms with Crippen molar-refractivity contribution in [3.63, 3.8) is 0 Å². The monoisotopic (exact) mass is 425 g/mol. The summed E-state index contributed by atoms with van der Waals surface area (Å²) in [5.41, 5.74) is 5.38. The molecule has 0 aliphatic carbocycles. The molecule has 0 heterocycles. The normalized spacial score (nSPS) is 10.0. The predicted octanol–water partition coefficient (Wildman–Crippen LogP) is 2.58. The lowest BCUT2D eigenvalue weighted by Gasteiger charge is -2.08. The third-order valence-electron chi connectivity index (χ3n) is 3.07. The van der Waals surface area contributed by atoms with Crippen molar-refractivity contribution in [3.8, 4) is 0 Å². The van der Waals surface area contributed by atoms with Crippen LogP contribution >= 0.6 is 22.6 Å². The minimum absolute atomic E-state index is 0.128. The van der Waals surface area contributed by atoms with Crippen LogP contribution in [0.25, 0.3) is 0 Å². The van der Waals surface area contributed by atoms with E-state index in [9.17, 15) is 19.7 Å². The van der Waals surface area contributed by atoms with Crippen LogP contribution in [0.15, 0.2) is 42.5 Å². The van der Waals surface area contributed by atoms with Gasteiger partial charge in [0.25, 0.3) is 17.5 Å². The molecule has 2 aromatic rings. The Balaban J connectivity index is 2.08. The number of nitro benzene ring substituents is 1. The van der Waals surface area contributed by atoms with Gasteiger partial charge in [0.15, 0.2) is 0 Å².